The van der Waals surface area contributed by atoms with E-state index >= 15 is 0 Å². The van der Waals surface area contributed by atoms with Crippen LogP contribution < -0.4 is 5.32 Å². The van der Waals surface area contributed by atoms with Gasteiger partial charge in [-0.3, -0.25) is 0 Å². The van der Waals surface area contributed by atoms with Crippen molar-refractivity contribution in [1.29, 1.82) is 0 Å². The quantitative estimate of drug-likeness (QED) is 0.647. The van der Waals surface area contributed by atoms with Crippen LogP contribution in [0, 0.1) is 0 Å². The summed E-state index contributed by atoms with van der Waals surface area (Å²) >= 11 is 5.00. The van der Waals surface area contributed by atoms with Gasteiger partial charge in [0.15, 0.2) is 0 Å². The molecular formula is C10H16BrN3OS. The molecule has 16 heavy (non-hydrogen) atoms. The van der Waals surface area contributed by atoms with Gasteiger partial charge in [-0.15, -0.1) is 0 Å². The lowest BCUT2D eigenvalue weighted by Crippen LogP contribution is -2.15. The third-order valence-corrected chi connectivity index (χ3v) is 4.39. The van der Waals surface area contributed by atoms with E-state index in [2.05, 4.69) is 31.2 Å². The van der Waals surface area contributed by atoms with Crippen molar-refractivity contribution >= 4 is 33.5 Å². The summed E-state index contributed by atoms with van der Waals surface area (Å²) in [5.74, 6) is 0.790. The summed E-state index contributed by atoms with van der Waals surface area (Å²) in [7, 11) is 0. The minimum atomic E-state index is -0.366. The van der Waals surface area contributed by atoms with Crippen molar-refractivity contribution in [2.75, 3.05) is 11.9 Å². The van der Waals surface area contributed by atoms with Gasteiger partial charge in [0, 0.05) is 11.8 Å². The molecule has 1 heterocycles. The maximum absolute atomic E-state index is 9.45. The Labute approximate surface area is 108 Å². The van der Waals surface area contributed by atoms with E-state index in [0.29, 0.717) is 0 Å². The SMILES string of the molecule is CCNc1ncnc(SC(C)C(C)O)c1Br. The fraction of sp³-hybridized carbons (Fsp3) is 0.600. The maximum atomic E-state index is 9.45. The van der Waals surface area contributed by atoms with E-state index in [1.807, 2.05) is 13.8 Å². The van der Waals surface area contributed by atoms with Crippen LogP contribution in [-0.2, 0) is 0 Å². The Bertz CT molecular complexity index is 349. The van der Waals surface area contributed by atoms with Gasteiger partial charge in [0.2, 0.25) is 0 Å². The van der Waals surface area contributed by atoms with Gasteiger partial charge in [0.25, 0.3) is 0 Å². The number of anilines is 1. The monoisotopic (exact) mass is 305 g/mol. The molecule has 90 valence electrons. The van der Waals surface area contributed by atoms with Crippen LogP contribution in [0.25, 0.3) is 0 Å². The summed E-state index contributed by atoms with van der Waals surface area (Å²) in [6.45, 7) is 6.57. The Kier molecular flexibility index (Phi) is 5.51. The molecule has 0 aromatic carbocycles. The normalized spacial score (nSPS) is 14.6. The van der Waals surface area contributed by atoms with Crippen molar-refractivity contribution in [3.05, 3.63) is 10.8 Å². The number of thioether (sulfide) groups is 1. The Morgan fingerprint density at radius 3 is 2.75 bits per heavy atom. The first-order valence-corrected chi connectivity index (χ1v) is 6.82. The smallest absolute Gasteiger partial charge is 0.144 e. The van der Waals surface area contributed by atoms with Gasteiger partial charge in [0.05, 0.1) is 10.6 Å². The van der Waals surface area contributed by atoms with E-state index in [4.69, 9.17) is 0 Å². The van der Waals surface area contributed by atoms with Gasteiger partial charge < -0.3 is 10.4 Å². The second kappa shape index (κ2) is 6.42. The van der Waals surface area contributed by atoms with E-state index in [1.54, 1.807) is 6.92 Å². The largest absolute Gasteiger partial charge is 0.392 e. The van der Waals surface area contributed by atoms with Crippen molar-refractivity contribution in [3.63, 3.8) is 0 Å². The molecule has 2 atom stereocenters. The van der Waals surface area contributed by atoms with Crippen molar-refractivity contribution in [3.8, 4) is 0 Å². The van der Waals surface area contributed by atoms with Crippen molar-refractivity contribution < 1.29 is 5.11 Å². The number of hydrogen-bond acceptors (Lipinski definition) is 5. The number of nitrogens with zero attached hydrogens (tertiary/aromatic N) is 2. The average Bonchev–Trinajstić information content (AvgIpc) is 2.24. The lowest BCUT2D eigenvalue weighted by atomic mass is 10.3. The minimum absolute atomic E-state index is 0.0978. The molecule has 1 rings (SSSR count). The number of hydrogen-bond donors (Lipinski definition) is 2. The fourth-order valence-electron chi connectivity index (χ4n) is 1.00. The van der Waals surface area contributed by atoms with Crippen molar-refractivity contribution in [1.82, 2.24) is 9.97 Å². The summed E-state index contributed by atoms with van der Waals surface area (Å²) in [5, 5.41) is 13.5. The molecule has 0 amide bonds. The third kappa shape index (κ3) is 3.61. The van der Waals surface area contributed by atoms with Crippen LogP contribution in [0.4, 0.5) is 5.82 Å². The molecular weight excluding hydrogens is 290 g/mol. The van der Waals surface area contributed by atoms with Crippen LogP contribution in [0.3, 0.4) is 0 Å². The first kappa shape index (κ1) is 13.7. The molecule has 0 bridgehead atoms. The molecule has 6 heteroatoms. The zero-order valence-corrected chi connectivity index (χ0v) is 12.0. The van der Waals surface area contributed by atoms with Gasteiger partial charge >= 0.3 is 0 Å². The summed E-state index contributed by atoms with van der Waals surface area (Å²) in [4.78, 5) is 8.33. The lowest BCUT2D eigenvalue weighted by Gasteiger charge is -2.15. The predicted octanol–water partition coefficient (Wildman–Crippen LogP) is 2.53. The number of rotatable bonds is 5. The van der Waals surface area contributed by atoms with E-state index < -0.39 is 0 Å². The molecule has 0 spiro atoms. The molecule has 0 saturated carbocycles. The highest BCUT2D eigenvalue weighted by atomic mass is 79.9. The first-order chi connectivity index (χ1) is 7.56. The lowest BCUT2D eigenvalue weighted by molar-refractivity contribution is 0.196. The molecule has 0 aliphatic rings. The Balaban J connectivity index is 2.84. The first-order valence-electron chi connectivity index (χ1n) is 5.15. The van der Waals surface area contributed by atoms with E-state index in [-0.39, 0.29) is 11.4 Å². The van der Waals surface area contributed by atoms with Gasteiger partial charge in [-0.1, -0.05) is 18.7 Å². The predicted molar refractivity (Wildman–Crippen MR) is 70.9 cm³/mol. The molecule has 0 aliphatic carbocycles. The fourth-order valence-corrected chi connectivity index (χ4v) is 2.48. The Hall–Kier alpha value is -0.330. The van der Waals surface area contributed by atoms with Crippen LogP contribution in [0.1, 0.15) is 20.8 Å². The van der Waals surface area contributed by atoms with Crippen LogP contribution in [0.15, 0.2) is 15.8 Å². The molecule has 0 saturated heterocycles. The van der Waals surface area contributed by atoms with Crippen LogP contribution >= 0.6 is 27.7 Å². The summed E-state index contributed by atoms with van der Waals surface area (Å²) in [6, 6.07) is 0. The number of aliphatic hydroxyl groups excluding tert-OH is 1. The third-order valence-electron chi connectivity index (χ3n) is 2.08. The average molecular weight is 306 g/mol. The second-order valence-corrected chi connectivity index (χ2v) is 5.59. The van der Waals surface area contributed by atoms with Gasteiger partial charge in [0.1, 0.15) is 17.2 Å². The van der Waals surface area contributed by atoms with Crippen LogP contribution in [0.5, 0.6) is 0 Å². The van der Waals surface area contributed by atoms with Gasteiger partial charge in [-0.05, 0) is 29.8 Å². The standard InChI is InChI=1S/C10H16BrN3OS/c1-4-12-9-8(11)10(14-5-13-9)16-7(3)6(2)15/h5-7,15H,4H2,1-3H3,(H,12,13,14). The number of aliphatic hydroxyl groups is 1. The zero-order valence-electron chi connectivity index (χ0n) is 9.57. The van der Waals surface area contributed by atoms with Crippen molar-refractivity contribution in [2.24, 2.45) is 0 Å². The molecule has 0 aliphatic heterocycles. The van der Waals surface area contributed by atoms with Crippen molar-refractivity contribution in [2.45, 2.75) is 37.2 Å². The highest BCUT2D eigenvalue weighted by molar-refractivity contribution is 9.10. The molecule has 2 N–H and O–H groups in total. The van der Waals surface area contributed by atoms with E-state index in [0.717, 1.165) is 21.9 Å². The van der Waals surface area contributed by atoms with Gasteiger partial charge in [-0.25, -0.2) is 9.97 Å². The highest BCUT2D eigenvalue weighted by Gasteiger charge is 2.15. The Morgan fingerprint density at radius 1 is 1.50 bits per heavy atom. The second-order valence-electron chi connectivity index (χ2n) is 3.44. The molecule has 2 unspecified atom stereocenters. The van der Waals surface area contributed by atoms with E-state index in [1.165, 1.54) is 18.1 Å². The van der Waals surface area contributed by atoms with Crippen LogP contribution in [-0.4, -0.2) is 33.0 Å². The van der Waals surface area contributed by atoms with E-state index in [9.17, 15) is 5.11 Å². The number of aromatic nitrogens is 2. The molecule has 0 fully saturated rings. The zero-order chi connectivity index (χ0) is 12.1. The molecule has 1 aromatic heterocycles. The van der Waals surface area contributed by atoms with Crippen LogP contribution in [0.2, 0.25) is 0 Å². The molecule has 4 nitrogen and oxygen atoms in total. The van der Waals surface area contributed by atoms with Gasteiger partial charge in [-0.2, -0.15) is 0 Å². The molecule has 0 radical (unpaired) electrons. The topological polar surface area (TPSA) is 58.0 Å². The minimum Gasteiger partial charge on any atom is -0.392 e. The highest BCUT2D eigenvalue weighted by Crippen LogP contribution is 2.33. The number of nitrogens with one attached hydrogen (secondary N) is 1. The summed E-state index contributed by atoms with van der Waals surface area (Å²) in [6.07, 6.45) is 1.16. The molecule has 1 aromatic rings. The summed E-state index contributed by atoms with van der Waals surface area (Å²) < 4.78 is 0.856. The number of halogens is 1. The maximum Gasteiger partial charge on any atom is 0.144 e. The summed E-state index contributed by atoms with van der Waals surface area (Å²) in [5.41, 5.74) is 0. The Morgan fingerprint density at radius 2 is 2.19 bits per heavy atom.